The summed E-state index contributed by atoms with van der Waals surface area (Å²) in [4.78, 5) is 4.25. The lowest BCUT2D eigenvalue weighted by Gasteiger charge is -2.20. The molecule has 1 fully saturated rings. The summed E-state index contributed by atoms with van der Waals surface area (Å²) in [5.41, 5.74) is 0.382. The maximum absolute atomic E-state index is 4.25. The number of rotatable bonds is 4. The van der Waals surface area contributed by atoms with Crippen molar-refractivity contribution in [2.24, 2.45) is 10.4 Å². The molecular formula is C13H28IN3S. The lowest BCUT2D eigenvalue weighted by molar-refractivity contribution is 0.377. The number of nitrogens with one attached hydrogen (secondary N) is 2. The Kier molecular flexibility index (Phi) is 9.47. The van der Waals surface area contributed by atoms with Crippen LogP contribution in [0.25, 0.3) is 0 Å². The lowest BCUT2D eigenvalue weighted by Crippen LogP contribution is -2.41. The van der Waals surface area contributed by atoms with Crippen LogP contribution in [0.2, 0.25) is 0 Å². The second-order valence-electron chi connectivity index (χ2n) is 5.83. The van der Waals surface area contributed by atoms with E-state index < -0.39 is 0 Å². The van der Waals surface area contributed by atoms with Gasteiger partial charge in [-0.05, 0) is 30.4 Å². The summed E-state index contributed by atoms with van der Waals surface area (Å²) in [6.07, 6.45) is 3.87. The van der Waals surface area contributed by atoms with Crippen molar-refractivity contribution in [3.05, 3.63) is 0 Å². The van der Waals surface area contributed by atoms with E-state index in [4.69, 9.17) is 0 Å². The molecule has 1 aliphatic heterocycles. The van der Waals surface area contributed by atoms with E-state index in [9.17, 15) is 0 Å². The molecule has 1 unspecified atom stereocenters. The van der Waals surface area contributed by atoms with Crippen molar-refractivity contribution in [2.45, 2.75) is 45.3 Å². The van der Waals surface area contributed by atoms with E-state index in [2.05, 4.69) is 48.2 Å². The van der Waals surface area contributed by atoms with E-state index >= 15 is 0 Å². The van der Waals surface area contributed by atoms with Crippen LogP contribution in [0.5, 0.6) is 0 Å². The molecule has 1 heterocycles. The van der Waals surface area contributed by atoms with Gasteiger partial charge in [-0.25, -0.2) is 0 Å². The predicted molar refractivity (Wildman–Crippen MR) is 94.3 cm³/mol. The van der Waals surface area contributed by atoms with Crippen LogP contribution in [0.3, 0.4) is 0 Å². The minimum absolute atomic E-state index is 0. The van der Waals surface area contributed by atoms with Gasteiger partial charge in [-0.1, -0.05) is 20.8 Å². The standard InChI is InChI=1S/C13H27N3S.HI/c1-13(2,3)7-8-15-12(14-4)16-10-11-6-5-9-17-11;/h11H,5-10H2,1-4H3,(H2,14,15,16);1H. The molecule has 5 heteroatoms. The molecule has 0 aromatic carbocycles. The number of hydrogen-bond donors (Lipinski definition) is 2. The Morgan fingerprint density at radius 2 is 2.06 bits per heavy atom. The molecule has 0 aromatic rings. The van der Waals surface area contributed by atoms with Crippen LogP contribution in [-0.4, -0.2) is 37.1 Å². The fraction of sp³-hybridized carbons (Fsp3) is 0.923. The number of guanidine groups is 1. The summed E-state index contributed by atoms with van der Waals surface area (Å²) in [6, 6.07) is 0. The van der Waals surface area contributed by atoms with Crippen molar-refractivity contribution >= 4 is 41.7 Å². The first-order valence-electron chi connectivity index (χ1n) is 6.57. The molecule has 0 amide bonds. The molecule has 1 atom stereocenters. The van der Waals surface area contributed by atoms with Gasteiger partial charge < -0.3 is 10.6 Å². The topological polar surface area (TPSA) is 36.4 Å². The molecule has 18 heavy (non-hydrogen) atoms. The van der Waals surface area contributed by atoms with Crippen LogP contribution in [-0.2, 0) is 0 Å². The number of halogens is 1. The van der Waals surface area contributed by atoms with Crippen LogP contribution in [0.4, 0.5) is 0 Å². The summed E-state index contributed by atoms with van der Waals surface area (Å²) >= 11 is 2.08. The first kappa shape index (κ1) is 18.4. The zero-order chi connectivity index (χ0) is 12.7. The molecule has 108 valence electrons. The third-order valence-corrected chi connectivity index (χ3v) is 4.31. The smallest absolute Gasteiger partial charge is 0.191 e. The Labute approximate surface area is 133 Å². The van der Waals surface area contributed by atoms with Crippen LogP contribution >= 0.6 is 35.7 Å². The highest BCUT2D eigenvalue weighted by atomic mass is 127. The number of aliphatic imine (C=N–C) groups is 1. The van der Waals surface area contributed by atoms with Gasteiger partial charge >= 0.3 is 0 Å². The van der Waals surface area contributed by atoms with Gasteiger partial charge in [0.15, 0.2) is 5.96 Å². The summed E-state index contributed by atoms with van der Waals surface area (Å²) in [7, 11) is 1.84. The number of nitrogens with zero attached hydrogens (tertiary/aromatic N) is 1. The zero-order valence-electron chi connectivity index (χ0n) is 12.1. The van der Waals surface area contributed by atoms with Gasteiger partial charge in [0.25, 0.3) is 0 Å². The highest BCUT2D eigenvalue weighted by molar-refractivity contribution is 14.0. The first-order valence-corrected chi connectivity index (χ1v) is 7.62. The molecule has 1 aliphatic rings. The molecule has 0 saturated carbocycles. The van der Waals surface area contributed by atoms with Gasteiger partial charge in [0, 0.05) is 25.4 Å². The SMILES string of the molecule is CN=C(NCCC(C)(C)C)NCC1CCCS1.I. The van der Waals surface area contributed by atoms with Crippen molar-refractivity contribution < 1.29 is 0 Å². The first-order chi connectivity index (χ1) is 8.01. The minimum Gasteiger partial charge on any atom is -0.356 e. The van der Waals surface area contributed by atoms with Gasteiger partial charge in [0.2, 0.25) is 0 Å². The Balaban J connectivity index is 0.00000289. The highest BCUT2D eigenvalue weighted by Crippen LogP contribution is 2.25. The van der Waals surface area contributed by atoms with E-state index in [1.807, 2.05) is 7.05 Å². The lowest BCUT2D eigenvalue weighted by atomic mass is 9.92. The second-order valence-corrected chi connectivity index (χ2v) is 7.23. The van der Waals surface area contributed by atoms with E-state index in [-0.39, 0.29) is 24.0 Å². The maximum atomic E-state index is 4.25. The van der Waals surface area contributed by atoms with Crippen molar-refractivity contribution in [1.82, 2.24) is 10.6 Å². The fourth-order valence-electron chi connectivity index (χ4n) is 1.79. The number of thioether (sulfide) groups is 1. The summed E-state index contributed by atoms with van der Waals surface area (Å²) in [5, 5.41) is 7.57. The molecular weight excluding hydrogens is 357 g/mol. The molecule has 0 bridgehead atoms. The largest absolute Gasteiger partial charge is 0.356 e. The third-order valence-electron chi connectivity index (χ3n) is 2.91. The van der Waals surface area contributed by atoms with Gasteiger partial charge in [0.1, 0.15) is 0 Å². The predicted octanol–water partition coefficient (Wildman–Crippen LogP) is 3.10. The molecule has 1 rings (SSSR count). The maximum Gasteiger partial charge on any atom is 0.191 e. The summed E-state index contributed by atoms with van der Waals surface area (Å²) < 4.78 is 0. The van der Waals surface area contributed by atoms with Crippen LogP contribution in [0.15, 0.2) is 4.99 Å². The molecule has 1 saturated heterocycles. The van der Waals surface area contributed by atoms with Gasteiger partial charge in [0.05, 0.1) is 0 Å². The van der Waals surface area contributed by atoms with E-state index in [1.165, 1.54) is 18.6 Å². The highest BCUT2D eigenvalue weighted by Gasteiger charge is 2.15. The van der Waals surface area contributed by atoms with Crippen molar-refractivity contribution in [2.75, 3.05) is 25.9 Å². The normalized spacial score (nSPS) is 20.4. The van der Waals surface area contributed by atoms with Crippen molar-refractivity contribution in [1.29, 1.82) is 0 Å². The zero-order valence-corrected chi connectivity index (χ0v) is 15.2. The molecule has 0 spiro atoms. The second kappa shape index (κ2) is 9.28. The third kappa shape index (κ3) is 8.45. The van der Waals surface area contributed by atoms with Crippen molar-refractivity contribution in [3.8, 4) is 0 Å². The van der Waals surface area contributed by atoms with E-state index in [0.717, 1.165) is 30.7 Å². The molecule has 0 radical (unpaired) electrons. The van der Waals surface area contributed by atoms with Gasteiger partial charge in [-0.3, -0.25) is 4.99 Å². The molecule has 3 nitrogen and oxygen atoms in total. The molecule has 0 aromatic heterocycles. The average molecular weight is 385 g/mol. The summed E-state index contributed by atoms with van der Waals surface area (Å²) in [5.74, 6) is 2.27. The minimum atomic E-state index is 0. The fourth-order valence-corrected chi connectivity index (χ4v) is 2.99. The van der Waals surface area contributed by atoms with E-state index in [0.29, 0.717) is 5.41 Å². The Morgan fingerprint density at radius 1 is 1.33 bits per heavy atom. The summed E-state index contributed by atoms with van der Waals surface area (Å²) in [6.45, 7) is 8.82. The van der Waals surface area contributed by atoms with Crippen LogP contribution in [0, 0.1) is 5.41 Å². The quantitative estimate of drug-likeness (QED) is 0.444. The number of hydrogen-bond acceptors (Lipinski definition) is 2. The monoisotopic (exact) mass is 385 g/mol. The van der Waals surface area contributed by atoms with Gasteiger partial charge in [-0.2, -0.15) is 11.8 Å². The Bertz CT molecular complexity index is 245. The van der Waals surface area contributed by atoms with E-state index in [1.54, 1.807) is 0 Å². The van der Waals surface area contributed by atoms with Gasteiger partial charge in [-0.15, -0.1) is 24.0 Å². The van der Waals surface area contributed by atoms with Crippen LogP contribution in [0.1, 0.15) is 40.0 Å². The van der Waals surface area contributed by atoms with Crippen molar-refractivity contribution in [3.63, 3.8) is 0 Å². The Hall–Kier alpha value is 0.350. The molecule has 0 aliphatic carbocycles. The Morgan fingerprint density at radius 3 is 2.56 bits per heavy atom. The van der Waals surface area contributed by atoms with Crippen LogP contribution < -0.4 is 10.6 Å². The average Bonchev–Trinajstić information content (AvgIpc) is 2.74. The molecule has 2 N–H and O–H groups in total.